The molecule has 1 N–H and O–H groups in total. The van der Waals surface area contributed by atoms with E-state index >= 15 is 0 Å². The number of halogens is 3. The van der Waals surface area contributed by atoms with Crippen molar-refractivity contribution in [3.8, 4) is 5.75 Å². The largest absolute Gasteiger partial charge is 0.490 e. The lowest BCUT2D eigenvalue weighted by molar-refractivity contribution is -0.138. The predicted molar refractivity (Wildman–Crippen MR) is 78.9 cm³/mol. The third kappa shape index (κ3) is 3.35. The minimum absolute atomic E-state index is 0.0467. The monoisotopic (exact) mass is 325 g/mol. The van der Waals surface area contributed by atoms with Gasteiger partial charge >= 0.3 is 6.18 Å². The molecule has 124 valence electrons. The number of ether oxygens (including phenoxy) is 1. The van der Waals surface area contributed by atoms with Gasteiger partial charge < -0.3 is 10.1 Å². The molecule has 2 saturated carbocycles. The second kappa shape index (κ2) is 5.58. The van der Waals surface area contributed by atoms with Gasteiger partial charge in [-0.05, 0) is 55.4 Å². The van der Waals surface area contributed by atoms with Crippen molar-refractivity contribution in [2.45, 2.75) is 44.0 Å². The fourth-order valence-corrected chi connectivity index (χ4v) is 3.61. The maximum absolute atomic E-state index is 12.7. The van der Waals surface area contributed by atoms with E-state index in [0.717, 1.165) is 37.8 Å². The molecule has 0 aromatic heterocycles. The Morgan fingerprint density at radius 2 is 2.00 bits per heavy atom. The highest BCUT2D eigenvalue weighted by Crippen LogP contribution is 2.56. The lowest BCUT2D eigenvalue weighted by Gasteiger charge is -2.57. The predicted octanol–water partition coefficient (Wildman–Crippen LogP) is 3.70. The summed E-state index contributed by atoms with van der Waals surface area (Å²) in [4.78, 5) is 11.2. The Morgan fingerprint density at radius 3 is 2.61 bits per heavy atom. The quantitative estimate of drug-likeness (QED) is 0.857. The Balaban J connectivity index is 1.48. The van der Waals surface area contributed by atoms with E-state index in [4.69, 9.17) is 4.74 Å². The molecule has 2 fully saturated rings. The highest BCUT2D eigenvalue weighted by molar-refractivity contribution is 5.87. The highest BCUT2D eigenvalue weighted by Gasteiger charge is 2.54. The smallest absolute Gasteiger partial charge is 0.416 e. The number of amides is 1. The van der Waals surface area contributed by atoms with Gasteiger partial charge in [0.25, 0.3) is 0 Å². The van der Waals surface area contributed by atoms with E-state index < -0.39 is 11.7 Å². The summed E-state index contributed by atoms with van der Waals surface area (Å²) in [5, 5.41) is 2.86. The van der Waals surface area contributed by atoms with Crippen LogP contribution in [0.4, 0.5) is 13.2 Å². The molecule has 2 aliphatic carbocycles. The van der Waals surface area contributed by atoms with E-state index in [1.165, 1.54) is 12.1 Å². The average molecular weight is 325 g/mol. The second-order valence-electron chi connectivity index (χ2n) is 6.49. The Morgan fingerprint density at radius 1 is 1.30 bits per heavy atom. The summed E-state index contributed by atoms with van der Waals surface area (Å²) in [5.74, 6) is 0.0939. The molecule has 0 unspecified atom stereocenters. The van der Waals surface area contributed by atoms with Crippen molar-refractivity contribution in [2.75, 3.05) is 0 Å². The molecule has 1 spiro atoms. The normalized spacial score (nSPS) is 29.3. The van der Waals surface area contributed by atoms with Gasteiger partial charge in [0.1, 0.15) is 5.75 Å². The first kappa shape index (κ1) is 15.9. The highest BCUT2D eigenvalue weighted by atomic mass is 19.4. The van der Waals surface area contributed by atoms with Crippen LogP contribution in [0, 0.1) is 5.41 Å². The molecule has 3 rings (SSSR count). The minimum Gasteiger partial charge on any atom is -0.490 e. The molecule has 0 bridgehead atoms. The van der Waals surface area contributed by atoms with Gasteiger partial charge in [-0.2, -0.15) is 13.2 Å². The van der Waals surface area contributed by atoms with Crippen LogP contribution in [0.3, 0.4) is 0 Å². The molecule has 0 heterocycles. The van der Waals surface area contributed by atoms with Crippen LogP contribution >= 0.6 is 0 Å². The first-order chi connectivity index (χ1) is 10.8. The number of carbonyl (C=O) groups is 1. The first-order valence-corrected chi connectivity index (χ1v) is 7.57. The number of alkyl halides is 3. The fraction of sp³-hybridized carbons (Fsp3) is 0.471. The van der Waals surface area contributed by atoms with Crippen LogP contribution in [0.2, 0.25) is 0 Å². The van der Waals surface area contributed by atoms with Gasteiger partial charge in [-0.15, -0.1) is 0 Å². The summed E-state index contributed by atoms with van der Waals surface area (Å²) >= 11 is 0. The number of benzene rings is 1. The van der Waals surface area contributed by atoms with Crippen molar-refractivity contribution in [3.63, 3.8) is 0 Å². The SMILES string of the molecule is C=CC(=O)NC1CC2(C1)CC(Oc1cccc(C(F)(F)F)c1)C2. The zero-order valence-corrected chi connectivity index (χ0v) is 12.5. The standard InChI is InChI=1S/C17H18F3NO2/c1-2-15(22)21-12-7-16(8-12)9-14(10-16)23-13-5-3-4-11(6-13)17(18,19)20/h2-6,12,14H,1,7-10H2,(H,21,22). The van der Waals surface area contributed by atoms with Crippen LogP contribution in [0.5, 0.6) is 5.75 Å². The Kier molecular flexibility index (Phi) is 3.86. The van der Waals surface area contributed by atoms with Crippen LogP contribution in [0.15, 0.2) is 36.9 Å². The van der Waals surface area contributed by atoms with Crippen molar-refractivity contribution in [1.82, 2.24) is 5.32 Å². The number of hydrogen-bond donors (Lipinski definition) is 1. The molecule has 3 nitrogen and oxygen atoms in total. The maximum Gasteiger partial charge on any atom is 0.416 e. The molecule has 0 aliphatic heterocycles. The van der Waals surface area contributed by atoms with Crippen molar-refractivity contribution in [1.29, 1.82) is 0 Å². The molecule has 0 radical (unpaired) electrons. The van der Waals surface area contributed by atoms with Gasteiger partial charge in [0, 0.05) is 6.04 Å². The van der Waals surface area contributed by atoms with Crippen LogP contribution in [-0.4, -0.2) is 18.1 Å². The maximum atomic E-state index is 12.7. The number of carbonyl (C=O) groups excluding carboxylic acids is 1. The summed E-state index contributed by atoms with van der Waals surface area (Å²) in [7, 11) is 0. The van der Waals surface area contributed by atoms with Crippen molar-refractivity contribution in [2.24, 2.45) is 5.41 Å². The second-order valence-corrected chi connectivity index (χ2v) is 6.49. The summed E-state index contributed by atoms with van der Waals surface area (Å²) in [6.07, 6.45) is 0.294. The van der Waals surface area contributed by atoms with Gasteiger partial charge in [-0.3, -0.25) is 4.79 Å². The Hall–Kier alpha value is -1.98. The van der Waals surface area contributed by atoms with Gasteiger partial charge in [-0.25, -0.2) is 0 Å². The molecular formula is C17H18F3NO2. The Bertz CT molecular complexity index is 613. The molecule has 0 atom stereocenters. The molecular weight excluding hydrogens is 307 g/mol. The summed E-state index contributed by atoms with van der Waals surface area (Å²) in [6.45, 7) is 3.41. The molecule has 1 amide bonds. The van der Waals surface area contributed by atoms with Crippen molar-refractivity contribution < 1.29 is 22.7 Å². The molecule has 1 aromatic rings. The van der Waals surface area contributed by atoms with Crippen LogP contribution in [0.25, 0.3) is 0 Å². The van der Waals surface area contributed by atoms with E-state index in [9.17, 15) is 18.0 Å². The van der Waals surface area contributed by atoms with E-state index in [1.807, 2.05) is 0 Å². The van der Waals surface area contributed by atoms with Gasteiger partial charge in [0.15, 0.2) is 0 Å². The topological polar surface area (TPSA) is 38.3 Å². The van der Waals surface area contributed by atoms with Gasteiger partial charge in [0.05, 0.1) is 11.7 Å². The average Bonchev–Trinajstić information content (AvgIpc) is 2.42. The van der Waals surface area contributed by atoms with Crippen LogP contribution in [-0.2, 0) is 11.0 Å². The zero-order valence-electron chi connectivity index (χ0n) is 12.5. The molecule has 6 heteroatoms. The lowest BCUT2D eigenvalue weighted by Crippen LogP contribution is -2.58. The molecule has 23 heavy (non-hydrogen) atoms. The third-order valence-corrected chi connectivity index (χ3v) is 4.68. The zero-order chi connectivity index (χ0) is 16.7. The van der Waals surface area contributed by atoms with E-state index in [0.29, 0.717) is 0 Å². The lowest BCUT2D eigenvalue weighted by atomic mass is 9.53. The van der Waals surface area contributed by atoms with E-state index in [-0.39, 0.29) is 29.2 Å². The first-order valence-electron chi connectivity index (χ1n) is 7.57. The molecule has 0 saturated heterocycles. The Labute approximate surface area is 132 Å². The van der Waals surface area contributed by atoms with Gasteiger partial charge in [-0.1, -0.05) is 12.6 Å². The fourth-order valence-electron chi connectivity index (χ4n) is 3.61. The van der Waals surface area contributed by atoms with E-state index in [2.05, 4.69) is 11.9 Å². The number of rotatable bonds is 4. The summed E-state index contributed by atoms with van der Waals surface area (Å²) in [6, 6.07) is 5.16. The van der Waals surface area contributed by atoms with E-state index in [1.54, 1.807) is 6.07 Å². The van der Waals surface area contributed by atoms with Gasteiger partial charge in [0.2, 0.25) is 5.91 Å². The van der Waals surface area contributed by atoms with Crippen LogP contribution < -0.4 is 10.1 Å². The van der Waals surface area contributed by atoms with Crippen molar-refractivity contribution in [3.05, 3.63) is 42.5 Å². The summed E-state index contributed by atoms with van der Waals surface area (Å²) in [5.41, 5.74) is -0.509. The third-order valence-electron chi connectivity index (χ3n) is 4.68. The summed E-state index contributed by atoms with van der Waals surface area (Å²) < 4.78 is 43.7. The number of hydrogen-bond acceptors (Lipinski definition) is 2. The molecule has 1 aromatic carbocycles. The molecule has 2 aliphatic rings. The number of nitrogens with one attached hydrogen (secondary N) is 1. The minimum atomic E-state index is -4.36. The van der Waals surface area contributed by atoms with Crippen LogP contribution in [0.1, 0.15) is 31.2 Å². The van der Waals surface area contributed by atoms with Crippen molar-refractivity contribution >= 4 is 5.91 Å².